The van der Waals surface area contributed by atoms with E-state index >= 15 is 0 Å². The molecule has 5 rings (SSSR count). The number of phosphoric ester groups is 1. The van der Waals surface area contributed by atoms with Gasteiger partial charge in [-0.1, -0.05) is 0 Å². The third-order valence-corrected chi connectivity index (χ3v) is 7.99. The summed E-state index contributed by atoms with van der Waals surface area (Å²) in [6, 6.07) is 0. The van der Waals surface area contributed by atoms with E-state index in [1.165, 1.54) is 13.1 Å². The predicted molar refractivity (Wildman–Crippen MR) is 137 cm³/mol. The number of phosphoric acid groups is 1. The highest BCUT2D eigenvalue weighted by Gasteiger charge is 2.60. The zero-order chi connectivity index (χ0) is 30.6. The van der Waals surface area contributed by atoms with E-state index in [4.69, 9.17) is 29.0 Å². The number of nitrogens with zero attached hydrogens (tertiary/aromatic N) is 4. The number of ether oxygens (including phenoxy) is 3. The van der Waals surface area contributed by atoms with E-state index in [0.29, 0.717) is 0 Å². The van der Waals surface area contributed by atoms with Gasteiger partial charge >= 0.3 is 13.5 Å². The third kappa shape index (κ3) is 5.11. The largest absolute Gasteiger partial charge is 0.473 e. The molecule has 21 heteroatoms. The first-order valence-corrected chi connectivity index (χ1v) is 13.9. The van der Waals surface area contributed by atoms with E-state index in [1.807, 2.05) is 0 Å². The number of methoxy groups -OCH3 is 1. The van der Waals surface area contributed by atoms with Gasteiger partial charge in [-0.15, -0.1) is 0 Å². The first-order valence-electron chi connectivity index (χ1n) is 12.4. The molecule has 2 aliphatic heterocycles. The van der Waals surface area contributed by atoms with Crippen LogP contribution < -0.4 is 22.5 Å². The summed E-state index contributed by atoms with van der Waals surface area (Å²) in [6.07, 6.45) is -6.71. The van der Waals surface area contributed by atoms with Crippen molar-refractivity contribution in [2.24, 2.45) is 0 Å². The van der Waals surface area contributed by atoms with Gasteiger partial charge < -0.3 is 40.2 Å². The van der Waals surface area contributed by atoms with Crippen molar-refractivity contribution < 1.29 is 48.0 Å². The average Bonchev–Trinajstić information content (AvgIpc) is 3.61. The molecular weight excluding hydrogens is 589 g/mol. The third-order valence-electron chi connectivity index (χ3n) is 6.95. The number of rotatable bonds is 9. The number of hydrogen-bond acceptors (Lipinski definition) is 15. The minimum atomic E-state index is -5.14. The lowest BCUT2D eigenvalue weighted by Gasteiger charge is -2.32. The Kier molecular flexibility index (Phi) is 7.96. The molecule has 20 nitrogen and oxygen atoms in total. The van der Waals surface area contributed by atoms with Crippen molar-refractivity contribution in [2.75, 3.05) is 26.1 Å². The molecule has 230 valence electrons. The second kappa shape index (κ2) is 11.1. The number of aliphatic hydroxyl groups excluding tert-OH is 3. The molecule has 0 spiro atoms. The van der Waals surface area contributed by atoms with E-state index in [1.54, 1.807) is 0 Å². The topological polar surface area (TPSA) is 289 Å². The number of aryl methyl sites for hydroxylation is 1. The highest BCUT2D eigenvalue weighted by atomic mass is 31.2. The number of aromatic amines is 2. The summed E-state index contributed by atoms with van der Waals surface area (Å²) in [7, 11) is -4.03. The monoisotopic (exact) mass is 617 g/mol. The predicted octanol–water partition coefficient (Wildman–Crippen LogP) is -3.28. The standard InChI is InChI=1S/C21H28N7O13P/c1-8-4-27(20(34)26-17(8)32)12-3-9(10(5-29)38-12)40-42(35,36)41-14-11(6-30)39-21(37-2,15(14)31)28-7-23-13-16(28)24-19(22)25-18(13)33/h4,7,9-12,14-15,29-31H,3,5-6H2,1-2H3,(H,35,36)(H,26,32,34)(H3,22,24,25,33)/t9-,10+,11+,12+,14+,15+,21+/m0/s1. The molecule has 5 heterocycles. The van der Waals surface area contributed by atoms with Crippen LogP contribution in [-0.2, 0) is 33.7 Å². The van der Waals surface area contributed by atoms with Crippen LogP contribution in [-0.4, -0.2) is 100 Å². The van der Waals surface area contributed by atoms with Crippen LogP contribution in [0.4, 0.5) is 5.95 Å². The summed E-state index contributed by atoms with van der Waals surface area (Å²) >= 11 is 0. The van der Waals surface area contributed by atoms with Crippen LogP contribution in [0.25, 0.3) is 11.2 Å². The van der Waals surface area contributed by atoms with Crippen LogP contribution in [0.15, 0.2) is 26.9 Å². The lowest BCUT2D eigenvalue weighted by molar-refractivity contribution is -0.302. The van der Waals surface area contributed by atoms with Crippen LogP contribution >= 0.6 is 7.82 Å². The van der Waals surface area contributed by atoms with Crippen molar-refractivity contribution in [1.29, 1.82) is 0 Å². The molecule has 42 heavy (non-hydrogen) atoms. The highest BCUT2D eigenvalue weighted by molar-refractivity contribution is 7.47. The smallest absolute Gasteiger partial charge is 0.394 e. The van der Waals surface area contributed by atoms with Crippen molar-refractivity contribution in [3.8, 4) is 0 Å². The lowest BCUT2D eigenvalue weighted by Crippen LogP contribution is -2.47. The molecule has 2 aliphatic rings. The second-order valence-corrected chi connectivity index (χ2v) is 10.9. The number of fused-ring (bicyclic) bond motifs is 1. The Labute approximate surface area is 233 Å². The Morgan fingerprint density at radius 3 is 2.57 bits per heavy atom. The van der Waals surface area contributed by atoms with E-state index < -0.39 is 80.5 Å². The molecule has 8 atom stereocenters. The Hall–Kier alpha value is -3.30. The summed E-state index contributed by atoms with van der Waals surface area (Å²) in [5, 5.41) is 31.0. The van der Waals surface area contributed by atoms with Crippen LogP contribution in [0.3, 0.4) is 0 Å². The van der Waals surface area contributed by atoms with E-state index in [9.17, 15) is 39.2 Å². The van der Waals surface area contributed by atoms with Gasteiger partial charge in [0.15, 0.2) is 17.3 Å². The lowest BCUT2D eigenvalue weighted by atomic mass is 10.1. The molecule has 0 saturated carbocycles. The maximum atomic E-state index is 13.2. The number of nitrogen functional groups attached to an aromatic ring is 1. The molecule has 0 aliphatic carbocycles. The Bertz CT molecular complexity index is 1700. The zero-order valence-electron chi connectivity index (χ0n) is 22.0. The number of nitrogens with two attached hydrogens (primary N) is 1. The second-order valence-electron chi connectivity index (χ2n) is 9.57. The zero-order valence-corrected chi connectivity index (χ0v) is 22.9. The molecule has 3 aromatic heterocycles. The number of aliphatic hydroxyl groups is 3. The van der Waals surface area contributed by atoms with Gasteiger partial charge in [-0.2, -0.15) is 4.98 Å². The number of hydrogen-bond donors (Lipinski definition) is 7. The van der Waals surface area contributed by atoms with Gasteiger partial charge in [-0.3, -0.25) is 37.7 Å². The van der Waals surface area contributed by atoms with Crippen molar-refractivity contribution in [2.45, 2.75) is 56.0 Å². The van der Waals surface area contributed by atoms with Crippen molar-refractivity contribution in [3.05, 3.63) is 49.3 Å². The van der Waals surface area contributed by atoms with Crippen LogP contribution in [0.1, 0.15) is 18.2 Å². The number of H-pyrrole nitrogens is 2. The van der Waals surface area contributed by atoms with Gasteiger partial charge in [0.1, 0.15) is 37.0 Å². The molecule has 0 radical (unpaired) electrons. The fourth-order valence-electron chi connectivity index (χ4n) is 4.95. The maximum absolute atomic E-state index is 13.2. The summed E-state index contributed by atoms with van der Waals surface area (Å²) in [5.41, 5.74) is 3.34. The molecule has 1 unspecified atom stereocenters. The number of anilines is 1. The quantitative estimate of drug-likeness (QED) is 0.116. The number of nitrogens with one attached hydrogen (secondary N) is 2. The van der Waals surface area contributed by atoms with E-state index in [-0.39, 0.29) is 29.1 Å². The minimum absolute atomic E-state index is 0.175. The van der Waals surface area contributed by atoms with Crippen molar-refractivity contribution in [1.82, 2.24) is 29.1 Å². The van der Waals surface area contributed by atoms with Crippen LogP contribution in [0.2, 0.25) is 0 Å². The summed E-state index contributed by atoms with van der Waals surface area (Å²) < 4.78 is 42.5. The highest BCUT2D eigenvalue weighted by Crippen LogP contribution is 2.52. The molecule has 3 aromatic rings. The summed E-state index contributed by atoms with van der Waals surface area (Å²) in [4.78, 5) is 59.2. The molecular formula is C21H28N7O13P. The van der Waals surface area contributed by atoms with Crippen molar-refractivity contribution in [3.63, 3.8) is 0 Å². The molecule has 0 aromatic carbocycles. The Balaban J connectivity index is 1.39. The molecule has 8 N–H and O–H groups in total. The maximum Gasteiger partial charge on any atom is 0.473 e. The summed E-state index contributed by atoms with van der Waals surface area (Å²) in [5.74, 6) is -2.55. The van der Waals surface area contributed by atoms with Crippen LogP contribution in [0, 0.1) is 6.92 Å². The van der Waals surface area contributed by atoms with Gasteiger partial charge in [0.2, 0.25) is 5.95 Å². The van der Waals surface area contributed by atoms with Gasteiger partial charge in [-0.05, 0) is 6.92 Å². The summed E-state index contributed by atoms with van der Waals surface area (Å²) in [6.45, 7) is -0.0559. The fourth-order valence-corrected chi connectivity index (χ4v) is 6.12. The molecule has 0 bridgehead atoms. The van der Waals surface area contributed by atoms with E-state index in [0.717, 1.165) is 22.6 Å². The Morgan fingerprint density at radius 1 is 1.19 bits per heavy atom. The average molecular weight is 617 g/mol. The SMILES string of the molecule is CO[C@@]1(n2cnc3c(=O)[nH]c(N)nc32)O[C@H](CO)[C@@H](OP(=O)(O)O[C@H]2C[C@H](n3cc(C)c(=O)[nH]c3=O)O[C@@H]2CO)[C@H]1O. The van der Waals surface area contributed by atoms with E-state index in [2.05, 4.69) is 19.9 Å². The Morgan fingerprint density at radius 2 is 1.90 bits per heavy atom. The first kappa shape index (κ1) is 30.2. The fraction of sp³-hybridized carbons (Fsp3) is 0.571. The van der Waals surface area contributed by atoms with Gasteiger partial charge in [-0.25, -0.2) is 14.3 Å². The van der Waals surface area contributed by atoms with Gasteiger partial charge in [0, 0.05) is 25.3 Å². The number of aromatic nitrogens is 6. The molecule has 0 amide bonds. The van der Waals surface area contributed by atoms with Crippen molar-refractivity contribution >= 4 is 24.9 Å². The van der Waals surface area contributed by atoms with Crippen LogP contribution in [0.5, 0.6) is 0 Å². The molecule has 2 saturated heterocycles. The minimum Gasteiger partial charge on any atom is -0.394 e. The normalized spacial score (nSPS) is 31.1. The molecule has 2 fully saturated rings. The number of imidazole rings is 1. The first-order chi connectivity index (χ1) is 19.8. The van der Waals surface area contributed by atoms with Gasteiger partial charge in [0.25, 0.3) is 17.0 Å². The van der Waals surface area contributed by atoms with Gasteiger partial charge in [0.05, 0.1) is 13.2 Å².